The van der Waals surface area contributed by atoms with Crippen molar-refractivity contribution < 1.29 is 0 Å². The van der Waals surface area contributed by atoms with Crippen LogP contribution < -0.4 is 0 Å². The third-order valence-electron chi connectivity index (χ3n) is 10.2. The van der Waals surface area contributed by atoms with Gasteiger partial charge in [-0.2, -0.15) is 0 Å². The number of rotatable bonds is 4. The number of allylic oxidation sites excluding steroid dienone is 1. The number of benzene rings is 6. The Hall–Kier alpha value is -5.80. The number of fused-ring (bicyclic) bond motifs is 6. The van der Waals surface area contributed by atoms with E-state index in [-0.39, 0.29) is 11.3 Å². The molecule has 0 fully saturated rings. The van der Waals surface area contributed by atoms with Crippen molar-refractivity contribution in [1.29, 1.82) is 0 Å². The summed E-state index contributed by atoms with van der Waals surface area (Å²) in [5.41, 5.74) is 14.0. The second kappa shape index (κ2) is 10.9. The molecule has 0 bridgehead atoms. The van der Waals surface area contributed by atoms with Gasteiger partial charge in [0.25, 0.3) is 0 Å². The predicted molar refractivity (Wildman–Crippen MR) is 201 cm³/mol. The van der Waals surface area contributed by atoms with Crippen LogP contribution in [0.15, 0.2) is 162 Å². The minimum Gasteiger partial charge on any atom is -0.309 e. The zero-order chi connectivity index (χ0) is 32.4. The molecule has 3 heteroatoms. The summed E-state index contributed by atoms with van der Waals surface area (Å²) in [5.74, 6) is 0.798. The summed E-state index contributed by atoms with van der Waals surface area (Å²) in [6.07, 6.45) is 2.24. The molecule has 0 spiro atoms. The molecule has 1 aromatic heterocycles. The van der Waals surface area contributed by atoms with Crippen LogP contribution in [0.4, 0.5) is 0 Å². The molecule has 6 aromatic carbocycles. The molecule has 48 heavy (non-hydrogen) atoms. The Morgan fingerprint density at radius 3 is 2.04 bits per heavy atom. The SMILES string of the molecule is CC1C=C(c2ccccc2)N=C(c2cccc(-n3c4ccccc4c4cc5c(cc43)C(C)(C)c3ccccc3-5)c2)N=C1c1ccccc1. The van der Waals surface area contributed by atoms with E-state index in [4.69, 9.17) is 9.98 Å². The standard InChI is InChI=1S/C45H35N3/c1-29-25-40(30-15-6-4-7-16-30)46-44(47-43(29)31-17-8-5-9-18-31)32-19-14-20-33(26-32)48-41-24-13-11-22-35(41)37-27-36-34-21-10-12-23-38(34)45(2,3)39(36)28-42(37)48/h4-29H,1-3H3. The van der Waals surface area contributed by atoms with Crippen LogP contribution in [-0.4, -0.2) is 16.1 Å². The zero-order valence-corrected chi connectivity index (χ0v) is 27.4. The Labute approximate surface area is 281 Å². The van der Waals surface area contributed by atoms with E-state index in [1.807, 2.05) is 6.07 Å². The smallest absolute Gasteiger partial charge is 0.160 e. The van der Waals surface area contributed by atoms with Gasteiger partial charge >= 0.3 is 0 Å². The van der Waals surface area contributed by atoms with Crippen LogP contribution in [-0.2, 0) is 5.41 Å². The Balaban J connectivity index is 1.26. The van der Waals surface area contributed by atoms with Crippen LogP contribution in [0, 0.1) is 5.92 Å². The second-order valence-electron chi connectivity index (χ2n) is 13.5. The highest BCUT2D eigenvalue weighted by Crippen LogP contribution is 2.51. The highest BCUT2D eigenvalue weighted by atomic mass is 15.0. The van der Waals surface area contributed by atoms with Gasteiger partial charge < -0.3 is 4.57 Å². The highest BCUT2D eigenvalue weighted by Gasteiger charge is 2.36. The molecule has 1 atom stereocenters. The topological polar surface area (TPSA) is 29.6 Å². The molecule has 2 aliphatic rings. The van der Waals surface area contributed by atoms with Gasteiger partial charge in [-0.15, -0.1) is 0 Å². The average Bonchev–Trinajstić information content (AvgIpc) is 3.48. The first-order valence-electron chi connectivity index (χ1n) is 16.8. The quantitative estimate of drug-likeness (QED) is 0.188. The van der Waals surface area contributed by atoms with Gasteiger partial charge in [-0.1, -0.05) is 136 Å². The number of amidine groups is 1. The number of aromatic nitrogens is 1. The Kier molecular flexibility index (Phi) is 6.45. The van der Waals surface area contributed by atoms with Gasteiger partial charge in [-0.05, 0) is 69.8 Å². The van der Waals surface area contributed by atoms with Crippen LogP contribution >= 0.6 is 0 Å². The van der Waals surface area contributed by atoms with E-state index in [0.717, 1.165) is 33.8 Å². The van der Waals surface area contributed by atoms with E-state index in [2.05, 4.69) is 171 Å². The van der Waals surface area contributed by atoms with Crippen LogP contribution in [0.5, 0.6) is 0 Å². The van der Waals surface area contributed by atoms with Crippen molar-refractivity contribution in [2.45, 2.75) is 26.2 Å². The van der Waals surface area contributed by atoms with Gasteiger partial charge in [-0.25, -0.2) is 9.98 Å². The number of aliphatic imine (C=N–C) groups is 2. The summed E-state index contributed by atoms with van der Waals surface area (Å²) in [7, 11) is 0. The predicted octanol–water partition coefficient (Wildman–Crippen LogP) is 11.0. The monoisotopic (exact) mass is 617 g/mol. The first-order valence-corrected chi connectivity index (χ1v) is 16.8. The van der Waals surface area contributed by atoms with Gasteiger partial charge in [0, 0.05) is 33.4 Å². The maximum Gasteiger partial charge on any atom is 0.160 e. The lowest BCUT2D eigenvalue weighted by Gasteiger charge is -2.21. The molecule has 1 aliphatic heterocycles. The van der Waals surface area contributed by atoms with Crippen molar-refractivity contribution in [2.75, 3.05) is 0 Å². The van der Waals surface area contributed by atoms with Gasteiger partial charge in [0.2, 0.25) is 0 Å². The van der Waals surface area contributed by atoms with Crippen molar-refractivity contribution >= 4 is 39.1 Å². The van der Waals surface area contributed by atoms with E-state index in [1.54, 1.807) is 0 Å². The average molecular weight is 618 g/mol. The molecule has 0 amide bonds. The van der Waals surface area contributed by atoms with E-state index in [9.17, 15) is 0 Å². The molecule has 1 aliphatic carbocycles. The normalized spacial score (nSPS) is 16.6. The van der Waals surface area contributed by atoms with Gasteiger partial charge in [0.15, 0.2) is 5.84 Å². The molecule has 9 rings (SSSR count). The van der Waals surface area contributed by atoms with Crippen molar-refractivity contribution in [3.8, 4) is 16.8 Å². The summed E-state index contributed by atoms with van der Waals surface area (Å²) in [4.78, 5) is 10.6. The Bertz CT molecular complexity index is 2480. The van der Waals surface area contributed by atoms with Gasteiger partial charge in [0.1, 0.15) is 0 Å². The maximum atomic E-state index is 5.31. The Morgan fingerprint density at radius 1 is 0.542 bits per heavy atom. The van der Waals surface area contributed by atoms with Crippen molar-refractivity contribution in [2.24, 2.45) is 15.9 Å². The van der Waals surface area contributed by atoms with Crippen molar-refractivity contribution in [3.05, 3.63) is 179 Å². The largest absolute Gasteiger partial charge is 0.309 e. The van der Waals surface area contributed by atoms with E-state index in [0.29, 0.717) is 5.84 Å². The van der Waals surface area contributed by atoms with E-state index >= 15 is 0 Å². The number of para-hydroxylation sites is 1. The fourth-order valence-electron chi connectivity index (χ4n) is 7.77. The third kappa shape index (κ3) is 4.42. The summed E-state index contributed by atoms with van der Waals surface area (Å²) >= 11 is 0. The molecular formula is C45H35N3. The van der Waals surface area contributed by atoms with E-state index < -0.39 is 0 Å². The number of nitrogens with zero attached hydrogens (tertiary/aromatic N) is 3. The lowest BCUT2D eigenvalue weighted by atomic mass is 9.82. The fraction of sp³-hybridized carbons (Fsp3) is 0.111. The second-order valence-corrected chi connectivity index (χ2v) is 13.5. The van der Waals surface area contributed by atoms with Crippen molar-refractivity contribution in [1.82, 2.24) is 4.57 Å². The Morgan fingerprint density at radius 2 is 1.23 bits per heavy atom. The highest BCUT2D eigenvalue weighted by molar-refractivity contribution is 6.16. The first kappa shape index (κ1) is 28.4. The molecule has 0 saturated heterocycles. The minimum absolute atomic E-state index is 0.0824. The first-order chi connectivity index (χ1) is 23.5. The molecule has 7 aromatic rings. The molecule has 1 unspecified atom stereocenters. The number of hydrogen-bond donors (Lipinski definition) is 0. The fourth-order valence-corrected chi connectivity index (χ4v) is 7.77. The molecule has 230 valence electrons. The van der Waals surface area contributed by atoms with Crippen molar-refractivity contribution in [3.63, 3.8) is 0 Å². The molecule has 0 radical (unpaired) electrons. The summed E-state index contributed by atoms with van der Waals surface area (Å²) in [6, 6.07) is 52.2. The summed E-state index contributed by atoms with van der Waals surface area (Å²) in [6.45, 7) is 6.91. The zero-order valence-electron chi connectivity index (χ0n) is 27.4. The van der Waals surface area contributed by atoms with Crippen LogP contribution in [0.3, 0.4) is 0 Å². The van der Waals surface area contributed by atoms with Crippen LogP contribution in [0.25, 0.3) is 44.3 Å². The van der Waals surface area contributed by atoms with E-state index in [1.165, 1.54) is 44.1 Å². The molecule has 0 N–H and O–H groups in total. The lowest BCUT2D eigenvalue weighted by Crippen LogP contribution is -2.15. The minimum atomic E-state index is -0.0856. The number of hydrogen-bond acceptors (Lipinski definition) is 2. The summed E-state index contributed by atoms with van der Waals surface area (Å²) in [5, 5.41) is 2.52. The lowest BCUT2D eigenvalue weighted by molar-refractivity contribution is 0.661. The molecule has 3 nitrogen and oxygen atoms in total. The maximum absolute atomic E-state index is 5.31. The third-order valence-corrected chi connectivity index (χ3v) is 10.2. The molecule has 0 saturated carbocycles. The van der Waals surface area contributed by atoms with Crippen LogP contribution in [0.2, 0.25) is 0 Å². The summed E-state index contributed by atoms with van der Waals surface area (Å²) < 4.78 is 2.42. The molecule has 2 heterocycles. The van der Waals surface area contributed by atoms with Gasteiger partial charge in [0.05, 0.1) is 22.4 Å². The molecular weight excluding hydrogens is 583 g/mol. The van der Waals surface area contributed by atoms with Crippen LogP contribution in [0.1, 0.15) is 48.6 Å². The van der Waals surface area contributed by atoms with Gasteiger partial charge in [-0.3, -0.25) is 0 Å².